The van der Waals surface area contributed by atoms with Crippen molar-refractivity contribution < 1.29 is 46.9 Å². The van der Waals surface area contributed by atoms with Gasteiger partial charge in [0, 0.05) is 25.8 Å². The van der Waals surface area contributed by atoms with Crippen molar-refractivity contribution in [3.05, 3.63) is 30.7 Å². The normalized spacial score (nSPS) is 36.3. The molecule has 6 N–H and O–H groups in total. The summed E-state index contributed by atoms with van der Waals surface area (Å²) in [6.45, 7) is -8.09. The molecule has 4 aliphatic heterocycles. The summed E-state index contributed by atoms with van der Waals surface area (Å²) in [5, 5.41) is 30.0. The minimum atomic E-state index is -4.32. The summed E-state index contributed by atoms with van der Waals surface area (Å²) >= 11 is 8.37. The molecule has 24 heteroatoms. The number of nitrogens with one attached hydrogen (secondary N) is 2. The number of nitrogens with two attached hydrogens (primary N) is 1. The predicted octanol–water partition coefficient (Wildman–Crippen LogP) is 1.41. The number of ether oxygens (including phenoxy) is 2. The molecule has 3 fully saturated rings. The Morgan fingerprint density at radius 2 is 1.64 bits per heavy atom. The fourth-order valence-corrected chi connectivity index (χ4v) is 9.58. The molecule has 8 heterocycles. The van der Waals surface area contributed by atoms with Crippen LogP contribution in [-0.2, 0) is 43.1 Å². The van der Waals surface area contributed by atoms with E-state index in [1.165, 1.54) is 23.5 Å². The zero-order chi connectivity index (χ0) is 34.8. The highest BCUT2D eigenvalue weighted by Crippen LogP contribution is 2.60. The lowest BCUT2D eigenvalue weighted by Gasteiger charge is -2.26. The third kappa shape index (κ3) is 6.33. The van der Waals surface area contributed by atoms with Crippen molar-refractivity contribution >= 4 is 71.9 Å². The van der Waals surface area contributed by atoms with Gasteiger partial charge in [-0.3, -0.25) is 22.7 Å². The number of imidazole rings is 1. The largest absolute Gasteiger partial charge is 0.387 e. The van der Waals surface area contributed by atoms with Gasteiger partial charge in [0.25, 0.3) is 0 Å². The van der Waals surface area contributed by atoms with Crippen molar-refractivity contribution in [2.75, 3.05) is 43.5 Å². The molecule has 2 bridgehead atoms. The first kappa shape index (κ1) is 34.6. The molecule has 4 aromatic heterocycles. The van der Waals surface area contributed by atoms with Gasteiger partial charge in [0.05, 0.1) is 24.9 Å². The molecule has 4 aromatic rings. The van der Waals surface area contributed by atoms with E-state index in [0.717, 1.165) is 30.3 Å². The van der Waals surface area contributed by atoms with Crippen LogP contribution in [0.5, 0.6) is 0 Å². The standard InChI is InChI=1S/C26H34N10O10P2S2/c27-3-5-29-22-16-24(33-10-31-22)36(11-34-16)26-20-17(37)13(43-26)7-41-47(39,49)45-19-14(8-42-48(40,50)46-20)44-25(18(19)38)35-6-12-2-1-4-28-21-15(12)23(35)32-9-30-21/h6,9-11,13-14,17-20,25-26,37-38H,1-5,7-8,27H2,(H,39,49)(H,40,50)(H,28,30,32)(H,29,31,33)/t13-,14-,17-,18-,19-,20-,25-,26-,47?,48?/m1/s1. The highest BCUT2D eigenvalue weighted by atomic mass is 32.7. The van der Waals surface area contributed by atoms with Crippen molar-refractivity contribution in [1.82, 2.24) is 34.1 Å². The van der Waals surface area contributed by atoms with Crippen molar-refractivity contribution in [2.24, 2.45) is 5.73 Å². The van der Waals surface area contributed by atoms with Crippen molar-refractivity contribution in [1.29, 1.82) is 0 Å². The molecule has 0 radical (unpaired) electrons. The predicted molar refractivity (Wildman–Crippen MR) is 182 cm³/mol. The molecule has 0 aliphatic carbocycles. The van der Waals surface area contributed by atoms with Gasteiger partial charge in [-0.25, -0.2) is 34.0 Å². The molecule has 4 aliphatic rings. The molecule has 0 aromatic carbocycles. The monoisotopic (exact) mass is 772 g/mol. The van der Waals surface area contributed by atoms with Crippen LogP contribution in [0.25, 0.3) is 22.2 Å². The average Bonchev–Trinajstić information content (AvgIpc) is 3.79. The quantitative estimate of drug-likeness (QED) is 0.112. The molecule has 8 rings (SSSR count). The number of aryl methyl sites for hydroxylation is 1. The van der Waals surface area contributed by atoms with E-state index in [1.807, 2.05) is 6.20 Å². The Bertz CT molecular complexity index is 2010. The van der Waals surface area contributed by atoms with Crippen molar-refractivity contribution in [3.63, 3.8) is 0 Å². The zero-order valence-corrected chi connectivity index (χ0v) is 29.6. The van der Waals surface area contributed by atoms with E-state index in [1.54, 1.807) is 4.57 Å². The van der Waals surface area contributed by atoms with Crippen LogP contribution in [0, 0.1) is 0 Å². The van der Waals surface area contributed by atoms with Crippen LogP contribution in [0.2, 0.25) is 0 Å². The summed E-state index contributed by atoms with van der Waals surface area (Å²) in [6.07, 6.45) is -2.79. The number of anilines is 2. The van der Waals surface area contributed by atoms with Gasteiger partial charge in [-0.2, -0.15) is 0 Å². The average molecular weight is 773 g/mol. The number of aromatic nitrogens is 7. The third-order valence-electron chi connectivity index (χ3n) is 8.88. The number of thiol groups is 2. The van der Waals surface area contributed by atoms with E-state index in [2.05, 4.69) is 60.1 Å². The smallest absolute Gasteiger partial charge is 0.386 e. The van der Waals surface area contributed by atoms with Gasteiger partial charge in [-0.15, -0.1) is 0 Å². The second-order valence-electron chi connectivity index (χ2n) is 12.1. The summed E-state index contributed by atoms with van der Waals surface area (Å²) in [6, 6.07) is 0. The van der Waals surface area contributed by atoms with Crippen LogP contribution in [0.15, 0.2) is 25.2 Å². The van der Waals surface area contributed by atoms with E-state index < -0.39 is 75.9 Å². The molecule has 20 nitrogen and oxygen atoms in total. The van der Waals surface area contributed by atoms with Crippen LogP contribution in [0.4, 0.5) is 11.6 Å². The zero-order valence-electron chi connectivity index (χ0n) is 26.0. The number of hydrogen-bond donors (Lipinski definition) is 7. The lowest BCUT2D eigenvalue weighted by molar-refractivity contribution is -0.0574. The summed E-state index contributed by atoms with van der Waals surface area (Å²) in [4.78, 5) is 21.7. The minimum absolute atomic E-state index is 0.299. The molecule has 50 heavy (non-hydrogen) atoms. The summed E-state index contributed by atoms with van der Waals surface area (Å²) < 4.78 is 65.8. The molecule has 10 atom stereocenters. The topological polar surface area (TPSA) is 254 Å². The number of rotatable bonds is 5. The van der Waals surface area contributed by atoms with Gasteiger partial charge in [0.15, 0.2) is 29.4 Å². The van der Waals surface area contributed by atoms with E-state index in [4.69, 9.17) is 33.3 Å². The first-order valence-corrected chi connectivity index (χ1v) is 21.1. The molecule has 270 valence electrons. The lowest BCUT2D eigenvalue weighted by Crippen LogP contribution is -2.35. The molecular formula is C26H34N10O10P2S2. The highest BCUT2D eigenvalue weighted by molar-refractivity contribution is 8.44. The Morgan fingerprint density at radius 1 is 0.920 bits per heavy atom. The third-order valence-corrected chi connectivity index (χ3v) is 12.1. The van der Waals surface area contributed by atoms with Gasteiger partial charge in [-0.1, -0.05) is 24.5 Å². The molecule has 0 amide bonds. The molecule has 3 saturated heterocycles. The van der Waals surface area contributed by atoms with Crippen molar-refractivity contribution in [2.45, 2.75) is 61.9 Å². The van der Waals surface area contributed by atoms with E-state index in [-0.39, 0.29) is 0 Å². The van der Waals surface area contributed by atoms with Crippen LogP contribution >= 0.6 is 38.1 Å². The van der Waals surface area contributed by atoms with Gasteiger partial charge >= 0.3 is 13.6 Å². The van der Waals surface area contributed by atoms with E-state index >= 15 is 0 Å². The Hall–Kier alpha value is -2.43. The van der Waals surface area contributed by atoms with E-state index in [0.29, 0.717) is 41.5 Å². The van der Waals surface area contributed by atoms with Crippen LogP contribution in [0.3, 0.4) is 0 Å². The molecule has 0 spiro atoms. The first-order valence-electron chi connectivity index (χ1n) is 15.7. The maximum absolute atomic E-state index is 13.8. The van der Waals surface area contributed by atoms with Crippen LogP contribution in [0.1, 0.15) is 24.4 Å². The Morgan fingerprint density at radius 3 is 2.44 bits per heavy atom. The molecular weight excluding hydrogens is 738 g/mol. The van der Waals surface area contributed by atoms with Crippen molar-refractivity contribution in [3.8, 4) is 0 Å². The highest BCUT2D eigenvalue weighted by Gasteiger charge is 2.53. The first-order chi connectivity index (χ1) is 24.0. The molecule has 2 unspecified atom stereocenters. The van der Waals surface area contributed by atoms with Crippen LogP contribution in [-0.4, -0.2) is 114 Å². The summed E-state index contributed by atoms with van der Waals surface area (Å²) in [5.41, 5.74) is 7.75. The SMILES string of the molecule is NCCNc1ncnc2c1ncn2[C@@H]1O[C@@H]2COP(=O)(S)O[C@H]3[C@@H](O)[C@H](n4cc5c6c(ncnc64)NCCC5)O[C@@H]3COP(=O)(S)O[C@@H]1[C@@H]2O. The number of aliphatic hydroxyl groups excluding tert-OH is 2. The number of nitrogens with zero attached hydrogens (tertiary/aromatic N) is 7. The second kappa shape index (κ2) is 13.5. The Labute approximate surface area is 294 Å². The number of aliphatic hydroxyl groups is 2. The maximum atomic E-state index is 13.8. The van der Waals surface area contributed by atoms with Gasteiger partial charge in [0.2, 0.25) is 0 Å². The number of hydrogen-bond acceptors (Lipinski definition) is 18. The van der Waals surface area contributed by atoms with Crippen LogP contribution < -0.4 is 16.4 Å². The van der Waals surface area contributed by atoms with E-state index in [9.17, 15) is 19.3 Å². The van der Waals surface area contributed by atoms with Gasteiger partial charge in [0.1, 0.15) is 60.7 Å². The Balaban J connectivity index is 1.09. The fraction of sp³-hybridized carbons (Fsp3) is 0.577. The second-order valence-corrected chi connectivity index (χ2v) is 17.8. The lowest BCUT2D eigenvalue weighted by atomic mass is 10.1. The molecule has 0 saturated carbocycles. The fourth-order valence-electron chi connectivity index (χ4n) is 6.63. The summed E-state index contributed by atoms with van der Waals surface area (Å²) in [5.74, 6) is 1.08. The number of fused-ring (bicyclic) bond motifs is 4. The summed E-state index contributed by atoms with van der Waals surface area (Å²) in [7, 11) is 0. The van der Waals surface area contributed by atoms with Gasteiger partial charge < -0.3 is 40.6 Å². The Kier molecular flexibility index (Phi) is 9.37. The minimum Gasteiger partial charge on any atom is -0.387 e. The van der Waals surface area contributed by atoms with Gasteiger partial charge in [-0.05, 0) is 18.4 Å². The maximum Gasteiger partial charge on any atom is 0.386 e.